The van der Waals surface area contributed by atoms with E-state index < -0.39 is 0 Å². The van der Waals surface area contributed by atoms with Crippen LogP contribution < -0.4 is 10.2 Å². The van der Waals surface area contributed by atoms with Crippen LogP contribution in [0.25, 0.3) is 0 Å². The molecule has 0 aromatic heterocycles. The number of halogens is 1. The highest BCUT2D eigenvalue weighted by Crippen LogP contribution is 2.39. The topological polar surface area (TPSA) is 73.0 Å². The zero-order valence-electron chi connectivity index (χ0n) is 16.3. The lowest BCUT2D eigenvalue weighted by Crippen LogP contribution is -2.40. The minimum absolute atomic E-state index is 0.00961. The van der Waals surface area contributed by atoms with Crippen LogP contribution >= 0.6 is 11.6 Å². The van der Waals surface area contributed by atoms with Crippen molar-refractivity contribution in [1.29, 1.82) is 0 Å². The molecule has 8 heteroatoms. The molecular formula is C19H27ClN4O3. The van der Waals surface area contributed by atoms with Gasteiger partial charge in [-0.15, -0.1) is 0 Å². The van der Waals surface area contributed by atoms with Gasteiger partial charge < -0.3 is 15.1 Å². The standard InChI is InChI=1S/C19H27ClN4O3/c1-22(2)17(25)6-5-9-21-19(27)24-12-13(10-18(26)23(3)4)15-11-14(20)7-8-16(15)24/h7-8,11,13H,5-6,9-10,12H2,1-4H3,(H,21,27). The number of amides is 4. The van der Waals surface area contributed by atoms with Crippen molar-refractivity contribution < 1.29 is 14.4 Å². The van der Waals surface area contributed by atoms with Crippen molar-refractivity contribution in [3.63, 3.8) is 0 Å². The highest BCUT2D eigenvalue weighted by atomic mass is 35.5. The van der Waals surface area contributed by atoms with Gasteiger partial charge in [0.05, 0.1) is 0 Å². The van der Waals surface area contributed by atoms with Crippen LogP contribution in [0, 0.1) is 0 Å². The summed E-state index contributed by atoms with van der Waals surface area (Å²) in [6.45, 7) is 0.844. The first kappa shape index (κ1) is 21.0. The molecule has 2 rings (SSSR count). The summed E-state index contributed by atoms with van der Waals surface area (Å²) in [7, 11) is 6.86. The maximum absolute atomic E-state index is 12.6. The molecule has 0 saturated heterocycles. The molecule has 0 saturated carbocycles. The van der Waals surface area contributed by atoms with Gasteiger partial charge >= 0.3 is 6.03 Å². The monoisotopic (exact) mass is 394 g/mol. The number of carbonyl (C=O) groups is 3. The number of carbonyl (C=O) groups excluding carboxylic acids is 3. The number of hydrogen-bond acceptors (Lipinski definition) is 3. The van der Waals surface area contributed by atoms with Gasteiger partial charge in [0.15, 0.2) is 0 Å². The highest BCUT2D eigenvalue weighted by Gasteiger charge is 2.34. The van der Waals surface area contributed by atoms with Gasteiger partial charge in [0.1, 0.15) is 0 Å². The summed E-state index contributed by atoms with van der Waals surface area (Å²) in [6.07, 6.45) is 1.29. The van der Waals surface area contributed by atoms with E-state index in [0.717, 1.165) is 11.3 Å². The lowest BCUT2D eigenvalue weighted by molar-refractivity contribution is -0.129. The van der Waals surface area contributed by atoms with Crippen LogP contribution in [0.1, 0.15) is 30.7 Å². The van der Waals surface area contributed by atoms with E-state index in [2.05, 4.69) is 5.32 Å². The second-order valence-electron chi connectivity index (χ2n) is 7.13. The second-order valence-corrected chi connectivity index (χ2v) is 7.56. The molecule has 1 aliphatic heterocycles. The van der Waals surface area contributed by atoms with Gasteiger partial charge in [0.25, 0.3) is 0 Å². The molecule has 0 fully saturated rings. The molecule has 1 aliphatic rings. The Labute approximate surface area is 165 Å². The van der Waals surface area contributed by atoms with Gasteiger partial charge in [-0.05, 0) is 30.2 Å². The SMILES string of the molecule is CN(C)C(=O)CCCNC(=O)N1CC(CC(=O)N(C)C)c2cc(Cl)ccc21. The zero-order valence-corrected chi connectivity index (χ0v) is 17.0. The van der Waals surface area contributed by atoms with Gasteiger partial charge in [0, 0.05) is 70.7 Å². The van der Waals surface area contributed by atoms with Gasteiger partial charge in [-0.1, -0.05) is 11.6 Å². The van der Waals surface area contributed by atoms with Gasteiger partial charge in [-0.2, -0.15) is 0 Å². The van der Waals surface area contributed by atoms with E-state index in [0.29, 0.717) is 37.4 Å². The van der Waals surface area contributed by atoms with Gasteiger partial charge in [0.2, 0.25) is 11.8 Å². The zero-order chi connectivity index (χ0) is 20.1. The molecule has 0 radical (unpaired) electrons. The molecule has 27 heavy (non-hydrogen) atoms. The number of anilines is 1. The number of nitrogens with one attached hydrogen (secondary N) is 1. The largest absolute Gasteiger partial charge is 0.349 e. The first-order valence-electron chi connectivity index (χ1n) is 8.95. The molecule has 4 amide bonds. The third-order valence-electron chi connectivity index (χ3n) is 4.63. The van der Waals surface area contributed by atoms with E-state index >= 15 is 0 Å². The number of urea groups is 1. The normalized spacial score (nSPS) is 15.3. The van der Waals surface area contributed by atoms with E-state index in [1.165, 1.54) is 4.90 Å². The van der Waals surface area contributed by atoms with Crippen LogP contribution in [0.3, 0.4) is 0 Å². The Bertz CT molecular complexity index is 721. The summed E-state index contributed by atoms with van der Waals surface area (Å²) >= 11 is 6.12. The molecule has 1 atom stereocenters. The van der Waals surface area contributed by atoms with Crippen molar-refractivity contribution in [3.8, 4) is 0 Å². The van der Waals surface area contributed by atoms with Crippen molar-refractivity contribution in [2.24, 2.45) is 0 Å². The van der Waals surface area contributed by atoms with E-state index in [-0.39, 0.29) is 23.8 Å². The molecule has 1 aromatic carbocycles. The van der Waals surface area contributed by atoms with Crippen LogP contribution in [-0.2, 0) is 9.59 Å². The predicted molar refractivity (Wildman–Crippen MR) is 106 cm³/mol. The highest BCUT2D eigenvalue weighted by molar-refractivity contribution is 6.30. The molecule has 148 valence electrons. The Kier molecular flexibility index (Phi) is 7.07. The Morgan fingerprint density at radius 3 is 2.44 bits per heavy atom. The molecule has 1 heterocycles. The molecule has 1 N–H and O–H groups in total. The second kappa shape index (κ2) is 9.08. The lowest BCUT2D eigenvalue weighted by atomic mass is 9.97. The van der Waals surface area contributed by atoms with Crippen LogP contribution in [-0.4, -0.2) is 68.9 Å². The number of hydrogen-bond donors (Lipinski definition) is 1. The fourth-order valence-corrected chi connectivity index (χ4v) is 3.21. The minimum Gasteiger partial charge on any atom is -0.349 e. The fraction of sp³-hybridized carbons (Fsp3) is 0.526. The maximum atomic E-state index is 12.6. The summed E-state index contributed by atoms with van der Waals surface area (Å²) < 4.78 is 0. The average molecular weight is 395 g/mol. The van der Waals surface area contributed by atoms with E-state index in [1.807, 2.05) is 12.1 Å². The molecule has 7 nitrogen and oxygen atoms in total. The smallest absolute Gasteiger partial charge is 0.321 e. The number of fused-ring (bicyclic) bond motifs is 1. The number of benzene rings is 1. The van der Waals surface area contributed by atoms with Crippen LogP contribution in [0.5, 0.6) is 0 Å². The Balaban J connectivity index is 2.02. The molecule has 1 unspecified atom stereocenters. The van der Waals surface area contributed by atoms with Gasteiger partial charge in [-0.25, -0.2) is 4.79 Å². The van der Waals surface area contributed by atoms with Crippen molar-refractivity contribution in [2.75, 3.05) is 46.2 Å². The van der Waals surface area contributed by atoms with Gasteiger partial charge in [-0.3, -0.25) is 14.5 Å². The first-order valence-corrected chi connectivity index (χ1v) is 9.33. The Morgan fingerprint density at radius 2 is 1.81 bits per heavy atom. The average Bonchev–Trinajstić information content (AvgIpc) is 2.95. The van der Waals surface area contributed by atoms with Crippen molar-refractivity contribution in [2.45, 2.75) is 25.2 Å². The molecule has 0 bridgehead atoms. The molecular weight excluding hydrogens is 368 g/mol. The Hall–Kier alpha value is -2.28. The number of nitrogens with zero attached hydrogens (tertiary/aromatic N) is 3. The summed E-state index contributed by atoms with van der Waals surface area (Å²) in [6, 6.07) is 5.16. The summed E-state index contributed by atoms with van der Waals surface area (Å²) in [5.74, 6) is -0.0438. The van der Waals surface area contributed by atoms with Crippen LogP contribution in [0.2, 0.25) is 5.02 Å². The van der Waals surface area contributed by atoms with Crippen molar-refractivity contribution in [1.82, 2.24) is 15.1 Å². The van der Waals surface area contributed by atoms with Crippen molar-refractivity contribution in [3.05, 3.63) is 28.8 Å². The predicted octanol–water partition coefficient (Wildman–Crippen LogP) is 2.30. The summed E-state index contributed by atoms with van der Waals surface area (Å²) in [4.78, 5) is 41.1. The minimum atomic E-state index is -0.226. The Morgan fingerprint density at radius 1 is 1.15 bits per heavy atom. The molecule has 1 aromatic rings. The van der Waals surface area contributed by atoms with E-state index in [1.54, 1.807) is 44.1 Å². The van der Waals surface area contributed by atoms with Crippen LogP contribution in [0.4, 0.5) is 10.5 Å². The summed E-state index contributed by atoms with van der Waals surface area (Å²) in [5.41, 5.74) is 1.69. The third kappa shape index (κ3) is 5.35. The van der Waals surface area contributed by atoms with Crippen LogP contribution in [0.15, 0.2) is 18.2 Å². The molecule has 0 aliphatic carbocycles. The van der Waals surface area contributed by atoms with Crippen molar-refractivity contribution >= 4 is 35.1 Å². The summed E-state index contributed by atoms with van der Waals surface area (Å²) in [5, 5.41) is 3.44. The molecule has 0 spiro atoms. The first-order chi connectivity index (χ1) is 12.7. The number of rotatable bonds is 6. The van der Waals surface area contributed by atoms with E-state index in [4.69, 9.17) is 11.6 Å². The maximum Gasteiger partial charge on any atom is 0.321 e. The van der Waals surface area contributed by atoms with E-state index in [9.17, 15) is 14.4 Å². The quantitative estimate of drug-likeness (QED) is 0.752. The fourth-order valence-electron chi connectivity index (χ4n) is 3.03. The lowest BCUT2D eigenvalue weighted by Gasteiger charge is -2.19. The third-order valence-corrected chi connectivity index (χ3v) is 4.87.